The summed E-state index contributed by atoms with van der Waals surface area (Å²) in [4.78, 5) is 10.4. The number of aromatic amines is 1. The van der Waals surface area contributed by atoms with Gasteiger partial charge in [0.05, 0.1) is 5.02 Å². The molecule has 1 aromatic carbocycles. The van der Waals surface area contributed by atoms with Gasteiger partial charge in [0.1, 0.15) is 10.6 Å². The molecule has 106 valence electrons. The van der Waals surface area contributed by atoms with Gasteiger partial charge >= 0.3 is 5.97 Å². The molecule has 0 aliphatic heterocycles. The minimum atomic E-state index is -4.02. The molecule has 0 fully saturated rings. The summed E-state index contributed by atoms with van der Waals surface area (Å²) in [7, 11) is -4.02. The number of hydrogen-bond acceptors (Lipinski definition) is 4. The van der Waals surface area contributed by atoms with Crippen LogP contribution in [-0.2, 0) is 10.0 Å². The van der Waals surface area contributed by atoms with Crippen molar-refractivity contribution >= 4 is 45.0 Å². The fraction of sp³-hybridized carbons (Fsp3) is 0. The van der Waals surface area contributed by atoms with Gasteiger partial charge in [0, 0.05) is 11.1 Å². The zero-order chi connectivity index (χ0) is 14.9. The van der Waals surface area contributed by atoms with Crippen LogP contribution in [0.1, 0.15) is 10.5 Å². The fourth-order valence-electron chi connectivity index (χ4n) is 1.36. The Labute approximate surface area is 123 Å². The predicted molar refractivity (Wildman–Crippen MR) is 72.8 cm³/mol. The SMILES string of the molecule is O=C(O)c1cc(NS(=O)(=O)c2cc(Cl)ccc2Cl)n[nH]1. The Morgan fingerprint density at radius 2 is 2.00 bits per heavy atom. The molecule has 1 aromatic heterocycles. The summed E-state index contributed by atoms with van der Waals surface area (Å²) in [6.07, 6.45) is 0. The zero-order valence-electron chi connectivity index (χ0n) is 9.59. The largest absolute Gasteiger partial charge is 0.477 e. The van der Waals surface area contributed by atoms with Crippen LogP contribution in [0.5, 0.6) is 0 Å². The van der Waals surface area contributed by atoms with Gasteiger partial charge < -0.3 is 5.11 Å². The van der Waals surface area contributed by atoms with Crippen molar-refractivity contribution in [2.45, 2.75) is 4.90 Å². The van der Waals surface area contributed by atoms with Crippen LogP contribution in [0, 0.1) is 0 Å². The number of aromatic nitrogens is 2. The van der Waals surface area contributed by atoms with E-state index < -0.39 is 16.0 Å². The van der Waals surface area contributed by atoms with Crippen molar-refractivity contribution in [3.63, 3.8) is 0 Å². The van der Waals surface area contributed by atoms with Gasteiger partial charge in [-0.2, -0.15) is 5.10 Å². The lowest BCUT2D eigenvalue weighted by Gasteiger charge is -2.07. The van der Waals surface area contributed by atoms with Crippen LogP contribution >= 0.6 is 23.2 Å². The van der Waals surface area contributed by atoms with E-state index in [9.17, 15) is 13.2 Å². The number of nitrogens with zero attached hydrogens (tertiary/aromatic N) is 1. The van der Waals surface area contributed by atoms with Gasteiger partial charge in [-0.1, -0.05) is 23.2 Å². The topological polar surface area (TPSA) is 112 Å². The Morgan fingerprint density at radius 3 is 2.60 bits per heavy atom. The zero-order valence-corrected chi connectivity index (χ0v) is 11.9. The van der Waals surface area contributed by atoms with Crippen molar-refractivity contribution in [2.75, 3.05) is 4.72 Å². The third-order valence-electron chi connectivity index (χ3n) is 2.23. The number of nitrogens with one attached hydrogen (secondary N) is 2. The summed E-state index contributed by atoms with van der Waals surface area (Å²) in [5, 5.41) is 14.6. The molecule has 3 N–H and O–H groups in total. The highest BCUT2D eigenvalue weighted by atomic mass is 35.5. The highest BCUT2D eigenvalue weighted by Gasteiger charge is 2.20. The second-order valence-corrected chi connectivity index (χ2v) is 6.15. The van der Waals surface area contributed by atoms with E-state index in [4.69, 9.17) is 28.3 Å². The Balaban J connectivity index is 2.35. The number of anilines is 1. The summed E-state index contributed by atoms with van der Waals surface area (Å²) in [5.41, 5.74) is -0.250. The maximum Gasteiger partial charge on any atom is 0.353 e. The highest BCUT2D eigenvalue weighted by molar-refractivity contribution is 7.92. The van der Waals surface area contributed by atoms with E-state index in [2.05, 4.69) is 14.9 Å². The maximum atomic E-state index is 12.1. The minimum Gasteiger partial charge on any atom is -0.477 e. The summed E-state index contributed by atoms with van der Waals surface area (Å²) in [5.74, 6) is -1.43. The van der Waals surface area contributed by atoms with Gasteiger partial charge in [-0.3, -0.25) is 9.82 Å². The molecule has 0 atom stereocenters. The summed E-state index contributed by atoms with van der Waals surface area (Å²) < 4.78 is 26.3. The molecule has 0 saturated carbocycles. The van der Waals surface area contributed by atoms with Crippen LogP contribution in [0.4, 0.5) is 5.82 Å². The van der Waals surface area contributed by atoms with Gasteiger partial charge in [0.15, 0.2) is 5.82 Å². The van der Waals surface area contributed by atoms with E-state index in [0.717, 1.165) is 6.07 Å². The number of H-pyrrole nitrogens is 1. The number of carbonyl (C=O) groups is 1. The molecule has 0 unspecified atom stereocenters. The summed E-state index contributed by atoms with van der Waals surface area (Å²) >= 11 is 11.5. The van der Waals surface area contributed by atoms with Crippen molar-refractivity contribution in [3.05, 3.63) is 40.0 Å². The average Bonchev–Trinajstić information content (AvgIpc) is 2.80. The highest BCUT2D eigenvalue weighted by Crippen LogP contribution is 2.26. The Bertz CT molecular complexity index is 773. The van der Waals surface area contributed by atoms with Gasteiger partial charge in [-0.05, 0) is 18.2 Å². The van der Waals surface area contributed by atoms with Gasteiger partial charge in [-0.15, -0.1) is 0 Å². The molecule has 7 nitrogen and oxygen atoms in total. The number of rotatable bonds is 4. The van der Waals surface area contributed by atoms with Crippen LogP contribution in [-0.4, -0.2) is 29.7 Å². The van der Waals surface area contributed by atoms with Gasteiger partial charge in [0.25, 0.3) is 10.0 Å². The monoisotopic (exact) mass is 335 g/mol. The molecule has 0 radical (unpaired) electrons. The van der Waals surface area contributed by atoms with Crippen molar-refractivity contribution in [1.82, 2.24) is 10.2 Å². The third kappa shape index (κ3) is 3.03. The number of carboxylic acids is 1. The first-order valence-electron chi connectivity index (χ1n) is 5.06. The third-order valence-corrected chi connectivity index (χ3v) is 4.30. The number of halogens is 2. The normalized spacial score (nSPS) is 11.3. The first-order valence-corrected chi connectivity index (χ1v) is 7.30. The quantitative estimate of drug-likeness (QED) is 0.792. The molecule has 20 heavy (non-hydrogen) atoms. The van der Waals surface area contributed by atoms with Crippen LogP contribution in [0.3, 0.4) is 0 Å². The molecule has 0 saturated heterocycles. The number of sulfonamides is 1. The number of carboxylic acid groups (broad SMARTS) is 1. The first kappa shape index (κ1) is 14.6. The lowest BCUT2D eigenvalue weighted by Crippen LogP contribution is -2.13. The molecule has 10 heteroatoms. The smallest absolute Gasteiger partial charge is 0.353 e. The molecule has 2 rings (SSSR count). The van der Waals surface area contributed by atoms with E-state index in [-0.39, 0.29) is 26.5 Å². The van der Waals surface area contributed by atoms with Crippen LogP contribution < -0.4 is 4.72 Å². The second kappa shape index (κ2) is 5.31. The van der Waals surface area contributed by atoms with Crippen LogP contribution in [0.2, 0.25) is 10.0 Å². The van der Waals surface area contributed by atoms with E-state index in [1.807, 2.05) is 0 Å². The van der Waals surface area contributed by atoms with Crippen molar-refractivity contribution in [2.24, 2.45) is 0 Å². The molecule has 0 amide bonds. The van der Waals surface area contributed by atoms with Crippen molar-refractivity contribution in [1.29, 1.82) is 0 Å². The number of aromatic carboxylic acids is 1. The van der Waals surface area contributed by atoms with Crippen LogP contribution in [0.25, 0.3) is 0 Å². The first-order chi connectivity index (χ1) is 9.29. The molecule has 0 aliphatic rings. The van der Waals surface area contributed by atoms with Crippen LogP contribution in [0.15, 0.2) is 29.2 Å². The standard InChI is InChI=1S/C10H7Cl2N3O4S/c11-5-1-2-6(12)8(3-5)20(18,19)15-9-4-7(10(16)17)13-14-9/h1-4H,(H,16,17)(H2,13,14,15). The molecule has 0 aliphatic carbocycles. The molecule has 1 heterocycles. The Hall–Kier alpha value is -1.77. The van der Waals surface area contributed by atoms with E-state index >= 15 is 0 Å². The predicted octanol–water partition coefficient (Wildman–Crippen LogP) is 2.22. The molecular formula is C10H7Cl2N3O4S. The molecule has 0 bridgehead atoms. The fourth-order valence-corrected chi connectivity index (χ4v) is 3.12. The summed E-state index contributed by atoms with van der Waals surface area (Å²) in [6.45, 7) is 0. The lowest BCUT2D eigenvalue weighted by molar-refractivity contribution is 0.0690. The lowest BCUT2D eigenvalue weighted by atomic mass is 10.4. The molecule has 2 aromatic rings. The van der Waals surface area contributed by atoms with Crippen molar-refractivity contribution in [3.8, 4) is 0 Å². The second-order valence-electron chi connectivity index (χ2n) is 3.65. The van der Waals surface area contributed by atoms with E-state index in [1.54, 1.807) is 0 Å². The molecule has 0 spiro atoms. The van der Waals surface area contributed by atoms with Gasteiger partial charge in [-0.25, -0.2) is 13.2 Å². The average molecular weight is 336 g/mol. The van der Waals surface area contributed by atoms with E-state index in [1.165, 1.54) is 18.2 Å². The maximum absolute atomic E-state index is 12.1. The number of benzene rings is 1. The Kier molecular flexibility index (Phi) is 3.89. The molecular weight excluding hydrogens is 329 g/mol. The van der Waals surface area contributed by atoms with E-state index in [0.29, 0.717) is 0 Å². The minimum absolute atomic E-state index is 0.0177. The summed E-state index contributed by atoms with van der Waals surface area (Å²) in [6, 6.07) is 5.00. The Morgan fingerprint density at radius 1 is 1.30 bits per heavy atom. The van der Waals surface area contributed by atoms with Gasteiger partial charge in [0.2, 0.25) is 0 Å². The number of hydrogen-bond donors (Lipinski definition) is 3. The van der Waals surface area contributed by atoms with Crippen molar-refractivity contribution < 1.29 is 18.3 Å².